The van der Waals surface area contributed by atoms with Gasteiger partial charge in [-0.25, -0.2) is 12.8 Å². The molecular weight excluding hydrogens is 283 g/mol. The van der Waals surface area contributed by atoms with Crippen LogP contribution < -0.4 is 0 Å². The number of hydrogen-bond acceptors (Lipinski definition) is 4. The van der Waals surface area contributed by atoms with Crippen LogP contribution in [0, 0.1) is 5.82 Å². The quantitative estimate of drug-likeness (QED) is 0.880. The highest BCUT2D eigenvalue weighted by Gasteiger charge is 2.33. The van der Waals surface area contributed by atoms with E-state index in [1.54, 1.807) is 0 Å². The van der Waals surface area contributed by atoms with Gasteiger partial charge in [-0.15, -0.1) is 0 Å². The van der Waals surface area contributed by atoms with E-state index >= 15 is 0 Å². The van der Waals surface area contributed by atoms with Crippen LogP contribution in [-0.4, -0.2) is 62.1 Å². The molecule has 0 unspecified atom stereocenters. The van der Waals surface area contributed by atoms with Crippen LogP contribution in [0.4, 0.5) is 4.39 Å². The summed E-state index contributed by atoms with van der Waals surface area (Å²) in [5.41, 5.74) is 0. The second-order valence-electron chi connectivity index (χ2n) is 4.94. The number of sulfonamides is 1. The molecule has 1 aliphatic rings. The summed E-state index contributed by atoms with van der Waals surface area (Å²) in [6.45, 7) is 1.17. The van der Waals surface area contributed by atoms with Crippen LogP contribution in [0.2, 0.25) is 0 Å². The first kappa shape index (κ1) is 15.4. The molecule has 1 saturated heterocycles. The number of hydrogen-bond donors (Lipinski definition) is 1. The van der Waals surface area contributed by atoms with Crippen LogP contribution in [-0.2, 0) is 10.0 Å². The molecule has 0 aromatic heterocycles. The van der Waals surface area contributed by atoms with Gasteiger partial charge in [0.15, 0.2) is 0 Å². The largest absolute Gasteiger partial charge is 0.396 e. The maximum Gasteiger partial charge on any atom is 0.246 e. The van der Waals surface area contributed by atoms with Crippen LogP contribution in [0.3, 0.4) is 0 Å². The molecule has 1 aliphatic heterocycles. The maximum atomic E-state index is 13.7. The van der Waals surface area contributed by atoms with Gasteiger partial charge >= 0.3 is 0 Å². The summed E-state index contributed by atoms with van der Waals surface area (Å²) >= 11 is 0. The lowest BCUT2D eigenvalue weighted by atomic mass is 10.1. The van der Waals surface area contributed by atoms with Gasteiger partial charge in [-0.2, -0.15) is 4.31 Å². The Hall–Kier alpha value is -1.02. The minimum atomic E-state index is -3.82. The summed E-state index contributed by atoms with van der Waals surface area (Å²) in [7, 11) is -1.92. The Morgan fingerprint density at radius 3 is 2.70 bits per heavy atom. The molecule has 0 spiro atoms. The molecule has 2 rings (SSSR count). The number of aliphatic hydroxyl groups excluding tert-OH is 1. The summed E-state index contributed by atoms with van der Waals surface area (Å²) < 4.78 is 39.9. The van der Waals surface area contributed by atoms with Gasteiger partial charge in [0.25, 0.3) is 0 Å². The van der Waals surface area contributed by atoms with Gasteiger partial charge in [0.1, 0.15) is 10.7 Å². The Labute approximate surface area is 118 Å². The number of rotatable bonds is 4. The van der Waals surface area contributed by atoms with Crippen LogP contribution in [0.1, 0.15) is 6.42 Å². The van der Waals surface area contributed by atoms with E-state index in [9.17, 15) is 12.8 Å². The zero-order valence-electron chi connectivity index (χ0n) is 11.4. The minimum Gasteiger partial charge on any atom is -0.396 e. The van der Waals surface area contributed by atoms with E-state index in [0.717, 1.165) is 6.07 Å². The first-order valence-corrected chi connectivity index (χ1v) is 7.96. The number of aliphatic hydroxyl groups is 1. The van der Waals surface area contributed by atoms with E-state index < -0.39 is 15.8 Å². The predicted molar refractivity (Wildman–Crippen MR) is 73.3 cm³/mol. The van der Waals surface area contributed by atoms with Crippen molar-refractivity contribution in [3.63, 3.8) is 0 Å². The first-order valence-electron chi connectivity index (χ1n) is 6.52. The van der Waals surface area contributed by atoms with Gasteiger partial charge in [0.05, 0.1) is 0 Å². The summed E-state index contributed by atoms with van der Waals surface area (Å²) in [5, 5.41) is 9.03. The van der Waals surface area contributed by atoms with Crippen molar-refractivity contribution in [1.82, 2.24) is 9.21 Å². The smallest absolute Gasteiger partial charge is 0.246 e. The van der Waals surface area contributed by atoms with Crippen molar-refractivity contribution in [2.24, 2.45) is 0 Å². The van der Waals surface area contributed by atoms with E-state index in [4.69, 9.17) is 5.11 Å². The average molecular weight is 302 g/mol. The lowest BCUT2D eigenvalue weighted by molar-refractivity contribution is 0.120. The fourth-order valence-corrected chi connectivity index (χ4v) is 3.92. The normalized spacial score (nSPS) is 22.1. The number of likely N-dealkylation sites (N-methyl/N-ethyl adjacent to an activating group) is 1. The second kappa shape index (κ2) is 6.17. The van der Waals surface area contributed by atoms with Crippen molar-refractivity contribution < 1.29 is 17.9 Å². The molecule has 1 fully saturated rings. The molecule has 1 atom stereocenters. The SMILES string of the molecule is CN1CCN(S(=O)(=O)c2ccccc2F)C[C@@H]1CCO. The summed E-state index contributed by atoms with van der Waals surface area (Å²) in [6, 6.07) is 5.36. The Bertz CT molecular complexity index is 564. The fourth-order valence-electron chi connectivity index (χ4n) is 2.39. The third-order valence-electron chi connectivity index (χ3n) is 3.66. The van der Waals surface area contributed by atoms with E-state index in [1.807, 2.05) is 11.9 Å². The molecule has 0 radical (unpaired) electrons. The molecule has 7 heteroatoms. The minimum absolute atomic E-state index is 0.00257. The van der Waals surface area contributed by atoms with Crippen LogP contribution >= 0.6 is 0 Å². The maximum absolute atomic E-state index is 13.7. The van der Waals surface area contributed by atoms with Crippen LogP contribution in [0.5, 0.6) is 0 Å². The van der Waals surface area contributed by atoms with Crippen molar-refractivity contribution in [2.75, 3.05) is 33.3 Å². The Morgan fingerprint density at radius 1 is 1.35 bits per heavy atom. The Balaban J connectivity index is 2.24. The highest BCUT2D eigenvalue weighted by Crippen LogP contribution is 2.22. The molecule has 0 bridgehead atoms. The Kier molecular flexibility index (Phi) is 4.74. The standard InChI is InChI=1S/C13H19FN2O3S/c1-15-7-8-16(10-11(15)6-9-17)20(18,19)13-5-3-2-4-12(13)14/h2-5,11,17H,6-10H2,1H3/t11-/m0/s1. The number of benzene rings is 1. The highest BCUT2D eigenvalue weighted by molar-refractivity contribution is 7.89. The zero-order valence-corrected chi connectivity index (χ0v) is 12.2. The summed E-state index contributed by atoms with van der Waals surface area (Å²) in [4.78, 5) is 1.73. The molecule has 5 nitrogen and oxygen atoms in total. The molecule has 1 heterocycles. The zero-order chi connectivity index (χ0) is 14.8. The Morgan fingerprint density at radius 2 is 2.05 bits per heavy atom. The molecule has 20 heavy (non-hydrogen) atoms. The van der Waals surface area contributed by atoms with E-state index in [0.29, 0.717) is 19.5 Å². The van der Waals surface area contributed by atoms with Crippen molar-refractivity contribution in [3.05, 3.63) is 30.1 Å². The number of halogens is 1. The molecule has 1 N–H and O–H groups in total. The highest BCUT2D eigenvalue weighted by atomic mass is 32.2. The fraction of sp³-hybridized carbons (Fsp3) is 0.538. The number of piperazine rings is 1. The molecule has 0 aliphatic carbocycles. The average Bonchev–Trinajstić information content (AvgIpc) is 2.41. The predicted octanol–water partition coefficient (Wildman–Crippen LogP) is 0.513. The van der Waals surface area contributed by atoms with Gasteiger partial charge in [-0.05, 0) is 25.6 Å². The van der Waals surface area contributed by atoms with Gasteiger partial charge in [-0.1, -0.05) is 12.1 Å². The lowest BCUT2D eigenvalue weighted by Gasteiger charge is -2.38. The molecule has 0 amide bonds. The van der Waals surface area contributed by atoms with Gasteiger partial charge in [0.2, 0.25) is 10.0 Å². The first-order chi connectivity index (χ1) is 9.46. The van der Waals surface area contributed by atoms with Crippen molar-refractivity contribution in [3.8, 4) is 0 Å². The summed E-state index contributed by atoms with van der Waals surface area (Å²) in [6.07, 6.45) is 0.500. The van der Waals surface area contributed by atoms with Crippen molar-refractivity contribution in [1.29, 1.82) is 0 Å². The monoisotopic (exact) mass is 302 g/mol. The van der Waals surface area contributed by atoms with Crippen molar-refractivity contribution in [2.45, 2.75) is 17.4 Å². The molecule has 1 aromatic carbocycles. The van der Waals surface area contributed by atoms with Gasteiger partial charge in [0, 0.05) is 32.3 Å². The summed E-state index contributed by atoms with van der Waals surface area (Å²) in [5.74, 6) is -0.731. The third-order valence-corrected chi connectivity index (χ3v) is 5.56. The molecule has 0 saturated carbocycles. The van der Waals surface area contributed by atoms with E-state index in [1.165, 1.54) is 22.5 Å². The second-order valence-corrected chi connectivity index (χ2v) is 6.85. The van der Waals surface area contributed by atoms with E-state index in [2.05, 4.69) is 0 Å². The lowest BCUT2D eigenvalue weighted by Crippen LogP contribution is -2.53. The van der Waals surface area contributed by atoms with Gasteiger partial charge in [-0.3, -0.25) is 0 Å². The molecule has 112 valence electrons. The number of nitrogens with zero attached hydrogens (tertiary/aromatic N) is 2. The van der Waals surface area contributed by atoms with E-state index in [-0.39, 0.29) is 24.1 Å². The van der Waals surface area contributed by atoms with Crippen LogP contribution in [0.25, 0.3) is 0 Å². The topological polar surface area (TPSA) is 60.9 Å². The van der Waals surface area contributed by atoms with Crippen molar-refractivity contribution >= 4 is 10.0 Å². The molecule has 1 aromatic rings. The molecular formula is C13H19FN2O3S. The van der Waals surface area contributed by atoms with Gasteiger partial charge < -0.3 is 10.0 Å². The van der Waals surface area contributed by atoms with Crippen LogP contribution in [0.15, 0.2) is 29.2 Å². The third kappa shape index (κ3) is 3.01.